The van der Waals surface area contributed by atoms with E-state index in [-0.39, 0.29) is 11.2 Å². The Morgan fingerprint density at radius 3 is 2.35 bits per heavy atom. The number of benzene rings is 1. The maximum atomic E-state index is 13.3. The Morgan fingerprint density at radius 1 is 1.09 bits per heavy atom. The number of Topliss-reactive ketones (excluding diaryl/α,β-unsaturated/α-hetero) is 1. The number of hydrogen-bond donors (Lipinski definition) is 0. The predicted molar refractivity (Wildman–Crippen MR) is 87.7 cm³/mol. The molecule has 0 saturated heterocycles. The zero-order valence-electron chi connectivity index (χ0n) is 13.5. The first-order valence-corrected chi connectivity index (χ1v) is 8.78. The first kappa shape index (κ1) is 13.6. The third kappa shape index (κ3) is 1.98. The van der Waals surface area contributed by atoms with E-state index in [9.17, 15) is 4.79 Å². The van der Waals surface area contributed by atoms with Crippen molar-refractivity contribution in [2.75, 3.05) is 7.11 Å². The van der Waals surface area contributed by atoms with Gasteiger partial charge in [-0.2, -0.15) is 0 Å². The summed E-state index contributed by atoms with van der Waals surface area (Å²) in [5.74, 6) is 3.92. The van der Waals surface area contributed by atoms with Gasteiger partial charge in [-0.25, -0.2) is 0 Å². The van der Waals surface area contributed by atoms with Crippen LogP contribution in [-0.2, 0) is 0 Å². The van der Waals surface area contributed by atoms with Crippen LogP contribution in [0.4, 0.5) is 0 Å². The van der Waals surface area contributed by atoms with Crippen LogP contribution in [0, 0.1) is 23.2 Å². The maximum Gasteiger partial charge on any atom is 0.204 e. The minimum absolute atomic E-state index is 0.132. The molecule has 0 unspecified atom stereocenters. The van der Waals surface area contributed by atoms with Gasteiger partial charge in [0.2, 0.25) is 5.78 Å². The fourth-order valence-corrected chi connectivity index (χ4v) is 5.91. The van der Waals surface area contributed by atoms with Gasteiger partial charge in [0.15, 0.2) is 5.76 Å². The first-order chi connectivity index (χ1) is 11.1. The topological polar surface area (TPSA) is 39.4 Å². The van der Waals surface area contributed by atoms with Crippen LogP contribution in [-0.4, -0.2) is 12.9 Å². The second-order valence-corrected chi connectivity index (χ2v) is 8.04. The van der Waals surface area contributed by atoms with Gasteiger partial charge in [-0.15, -0.1) is 0 Å². The number of furan rings is 1. The Morgan fingerprint density at radius 2 is 1.74 bits per heavy atom. The average Bonchev–Trinajstić information content (AvgIpc) is 2.95. The quantitative estimate of drug-likeness (QED) is 0.761. The van der Waals surface area contributed by atoms with Crippen molar-refractivity contribution in [3.05, 3.63) is 30.0 Å². The number of rotatable bonds is 3. The van der Waals surface area contributed by atoms with Crippen LogP contribution < -0.4 is 4.74 Å². The molecule has 4 aliphatic rings. The molecule has 4 saturated carbocycles. The fourth-order valence-electron chi connectivity index (χ4n) is 5.91. The Balaban J connectivity index is 1.53. The van der Waals surface area contributed by atoms with E-state index in [0.717, 1.165) is 53.7 Å². The van der Waals surface area contributed by atoms with Crippen molar-refractivity contribution in [1.82, 2.24) is 0 Å². The molecular weight excluding hydrogens is 288 g/mol. The largest absolute Gasteiger partial charge is 0.497 e. The maximum absolute atomic E-state index is 13.3. The second kappa shape index (κ2) is 4.62. The summed E-state index contributed by atoms with van der Waals surface area (Å²) < 4.78 is 11.2. The SMILES string of the molecule is COc1ccc2oc(C(=O)C34CC5CC(CC(C5)C3)C4)cc2c1. The number of hydrogen-bond acceptors (Lipinski definition) is 3. The zero-order chi connectivity index (χ0) is 15.6. The van der Waals surface area contributed by atoms with E-state index in [1.165, 1.54) is 19.3 Å². The minimum Gasteiger partial charge on any atom is -0.497 e. The van der Waals surface area contributed by atoms with Crippen molar-refractivity contribution >= 4 is 16.8 Å². The predicted octanol–water partition coefficient (Wildman–Crippen LogP) is 4.84. The molecule has 3 nitrogen and oxygen atoms in total. The number of carbonyl (C=O) groups excluding carboxylic acids is 1. The van der Waals surface area contributed by atoms with Gasteiger partial charge in [0, 0.05) is 10.8 Å². The highest BCUT2D eigenvalue weighted by atomic mass is 16.5. The van der Waals surface area contributed by atoms with Gasteiger partial charge in [-0.3, -0.25) is 4.79 Å². The Kier molecular flexibility index (Phi) is 2.74. The molecule has 0 radical (unpaired) electrons. The van der Waals surface area contributed by atoms with Crippen LogP contribution in [0.2, 0.25) is 0 Å². The van der Waals surface area contributed by atoms with E-state index in [0.29, 0.717) is 5.76 Å². The molecule has 0 atom stereocenters. The summed E-state index contributed by atoms with van der Waals surface area (Å²) in [5, 5.41) is 0.956. The molecular formula is C20H22O3. The summed E-state index contributed by atoms with van der Waals surface area (Å²) in [6.45, 7) is 0. The van der Waals surface area contributed by atoms with Crippen LogP contribution in [0.1, 0.15) is 49.1 Å². The van der Waals surface area contributed by atoms with E-state index in [1.807, 2.05) is 24.3 Å². The number of methoxy groups -OCH3 is 1. The minimum atomic E-state index is -0.132. The molecule has 6 rings (SSSR count). The molecule has 4 bridgehead atoms. The number of ketones is 1. The van der Waals surface area contributed by atoms with Crippen LogP contribution in [0.5, 0.6) is 5.75 Å². The van der Waals surface area contributed by atoms with Crippen LogP contribution >= 0.6 is 0 Å². The molecule has 1 aromatic carbocycles. The van der Waals surface area contributed by atoms with Crippen LogP contribution in [0.15, 0.2) is 28.7 Å². The van der Waals surface area contributed by atoms with E-state index in [4.69, 9.17) is 9.15 Å². The summed E-state index contributed by atoms with van der Waals surface area (Å²) in [6.07, 6.45) is 7.30. The molecule has 23 heavy (non-hydrogen) atoms. The summed E-state index contributed by atoms with van der Waals surface area (Å²) in [7, 11) is 1.66. The summed E-state index contributed by atoms with van der Waals surface area (Å²) in [4.78, 5) is 13.3. The lowest BCUT2D eigenvalue weighted by Crippen LogP contribution is -2.49. The summed E-state index contributed by atoms with van der Waals surface area (Å²) in [5.41, 5.74) is 0.645. The Labute approximate surface area is 136 Å². The number of carbonyl (C=O) groups is 1. The third-order valence-corrected chi connectivity index (χ3v) is 6.47. The molecule has 1 aromatic heterocycles. The molecule has 0 amide bonds. The van der Waals surface area contributed by atoms with E-state index >= 15 is 0 Å². The second-order valence-electron chi connectivity index (χ2n) is 8.04. The van der Waals surface area contributed by atoms with Gasteiger partial charge in [0.05, 0.1) is 7.11 Å². The van der Waals surface area contributed by atoms with E-state index < -0.39 is 0 Å². The normalized spacial score (nSPS) is 34.9. The zero-order valence-corrected chi connectivity index (χ0v) is 13.5. The fraction of sp³-hybridized carbons (Fsp3) is 0.550. The Bertz CT molecular complexity index is 750. The van der Waals surface area contributed by atoms with Crippen molar-refractivity contribution in [2.24, 2.45) is 23.2 Å². The van der Waals surface area contributed by atoms with Crippen molar-refractivity contribution < 1.29 is 13.9 Å². The molecule has 0 aliphatic heterocycles. The van der Waals surface area contributed by atoms with Gasteiger partial charge >= 0.3 is 0 Å². The lowest BCUT2D eigenvalue weighted by atomic mass is 9.48. The van der Waals surface area contributed by atoms with Crippen LogP contribution in [0.25, 0.3) is 11.0 Å². The van der Waals surface area contributed by atoms with Gasteiger partial charge in [0.1, 0.15) is 11.3 Å². The van der Waals surface area contributed by atoms with Crippen molar-refractivity contribution in [3.63, 3.8) is 0 Å². The molecule has 0 N–H and O–H groups in total. The highest BCUT2D eigenvalue weighted by Crippen LogP contribution is 2.61. The first-order valence-electron chi connectivity index (χ1n) is 8.78. The third-order valence-electron chi connectivity index (χ3n) is 6.47. The molecule has 2 aromatic rings. The highest BCUT2D eigenvalue weighted by molar-refractivity contribution is 6.01. The smallest absolute Gasteiger partial charge is 0.204 e. The van der Waals surface area contributed by atoms with Gasteiger partial charge in [-0.05, 0) is 80.5 Å². The lowest BCUT2D eigenvalue weighted by molar-refractivity contribution is -0.0364. The number of ether oxygens (including phenoxy) is 1. The van der Waals surface area contributed by atoms with Gasteiger partial charge in [0.25, 0.3) is 0 Å². The van der Waals surface area contributed by atoms with Gasteiger partial charge in [-0.1, -0.05) is 0 Å². The number of fused-ring (bicyclic) bond motifs is 1. The molecule has 120 valence electrons. The summed E-state index contributed by atoms with van der Waals surface area (Å²) in [6, 6.07) is 7.63. The lowest BCUT2D eigenvalue weighted by Gasteiger charge is -2.55. The standard InChI is InChI=1S/C20H22O3/c1-22-16-2-3-17-15(7-16)8-18(23-17)19(21)20-9-12-4-13(10-20)6-14(5-12)11-20/h2-3,7-8,12-14H,4-6,9-11H2,1H3. The van der Waals surface area contributed by atoms with Crippen molar-refractivity contribution in [1.29, 1.82) is 0 Å². The molecule has 4 fully saturated rings. The van der Waals surface area contributed by atoms with Crippen LogP contribution in [0.3, 0.4) is 0 Å². The van der Waals surface area contributed by atoms with Gasteiger partial charge < -0.3 is 9.15 Å². The molecule has 0 spiro atoms. The Hall–Kier alpha value is -1.77. The van der Waals surface area contributed by atoms with E-state index in [2.05, 4.69) is 0 Å². The average molecular weight is 310 g/mol. The highest BCUT2D eigenvalue weighted by Gasteiger charge is 2.55. The molecule has 1 heterocycles. The summed E-state index contributed by atoms with van der Waals surface area (Å²) >= 11 is 0. The molecule has 3 heteroatoms. The molecule has 4 aliphatic carbocycles. The van der Waals surface area contributed by atoms with Crippen molar-refractivity contribution in [2.45, 2.75) is 38.5 Å². The monoisotopic (exact) mass is 310 g/mol. The van der Waals surface area contributed by atoms with Crippen molar-refractivity contribution in [3.8, 4) is 5.75 Å². The van der Waals surface area contributed by atoms with E-state index in [1.54, 1.807) is 7.11 Å².